The van der Waals surface area contributed by atoms with Crippen LogP contribution < -0.4 is 0 Å². The largest absolute Gasteiger partial charge is 0.480 e. The first kappa shape index (κ1) is 13.4. The predicted octanol–water partition coefficient (Wildman–Crippen LogP) is -0.0983. The van der Waals surface area contributed by atoms with Crippen molar-refractivity contribution < 1.29 is 23.1 Å². The fraction of sp³-hybridized carbons (Fsp3) is 0.889. The lowest BCUT2D eigenvalue weighted by molar-refractivity contribution is -0.145. The molecule has 1 saturated heterocycles. The first-order chi connectivity index (χ1) is 7.45. The van der Waals surface area contributed by atoms with Gasteiger partial charge in [-0.05, 0) is 19.8 Å². The number of carboxylic acid groups (broad SMARTS) is 1. The number of carboxylic acids is 1. The number of ether oxygens (including phenoxy) is 1. The molecule has 0 aromatic carbocycles. The molecule has 1 fully saturated rings. The molecule has 16 heavy (non-hydrogen) atoms. The fourth-order valence-electron chi connectivity index (χ4n) is 1.65. The van der Waals surface area contributed by atoms with Crippen molar-refractivity contribution >= 4 is 16.0 Å². The Morgan fingerprint density at radius 1 is 1.44 bits per heavy atom. The Morgan fingerprint density at radius 2 is 2.00 bits per heavy atom. The molecule has 6 nitrogen and oxygen atoms in total. The molecule has 1 rings (SSSR count). The van der Waals surface area contributed by atoms with Crippen molar-refractivity contribution in [2.24, 2.45) is 0 Å². The Bertz CT molecular complexity index is 332. The number of hydrogen-bond donors (Lipinski definition) is 1. The van der Waals surface area contributed by atoms with Crippen molar-refractivity contribution in [3.63, 3.8) is 0 Å². The van der Waals surface area contributed by atoms with Crippen LogP contribution >= 0.6 is 0 Å². The molecule has 0 spiro atoms. The minimum Gasteiger partial charge on any atom is -0.480 e. The van der Waals surface area contributed by atoms with Gasteiger partial charge in [-0.2, -0.15) is 0 Å². The molecule has 1 heterocycles. The number of nitrogens with zero attached hydrogens (tertiary/aromatic N) is 1. The summed E-state index contributed by atoms with van der Waals surface area (Å²) in [6.07, 6.45) is 0.985. The van der Waals surface area contributed by atoms with Crippen LogP contribution in [0.4, 0.5) is 0 Å². The molecule has 94 valence electrons. The maximum Gasteiger partial charge on any atom is 0.329 e. The van der Waals surface area contributed by atoms with E-state index in [0.717, 1.165) is 0 Å². The number of rotatable bonds is 5. The molecular weight excluding hydrogens is 234 g/mol. The number of aliphatic carboxylic acids is 1. The normalized spacial score (nSPS) is 19.8. The third-order valence-corrected chi connectivity index (χ3v) is 4.48. The van der Waals surface area contributed by atoms with Crippen LogP contribution in [0, 0.1) is 0 Å². The lowest BCUT2D eigenvalue weighted by Gasteiger charge is -2.30. The van der Waals surface area contributed by atoms with Gasteiger partial charge in [0.2, 0.25) is 10.0 Å². The highest BCUT2D eigenvalue weighted by Crippen LogP contribution is 2.16. The minimum absolute atomic E-state index is 0.105. The van der Waals surface area contributed by atoms with Crippen molar-refractivity contribution in [2.75, 3.05) is 25.4 Å². The molecule has 0 bridgehead atoms. The van der Waals surface area contributed by atoms with Crippen LogP contribution in [0.1, 0.15) is 19.8 Å². The van der Waals surface area contributed by atoms with Crippen LogP contribution in [0.5, 0.6) is 0 Å². The topological polar surface area (TPSA) is 83.9 Å². The van der Waals surface area contributed by atoms with Gasteiger partial charge in [-0.15, -0.1) is 0 Å². The first-order valence-electron chi connectivity index (χ1n) is 5.27. The van der Waals surface area contributed by atoms with Crippen LogP contribution in [0.25, 0.3) is 0 Å². The molecule has 0 aliphatic carbocycles. The lowest BCUT2D eigenvalue weighted by atomic mass is 10.1. The Hall–Kier alpha value is -0.660. The smallest absolute Gasteiger partial charge is 0.329 e. The molecular formula is C9H17NO5S. The first-order valence-corrected chi connectivity index (χ1v) is 6.88. The maximum atomic E-state index is 11.5. The summed E-state index contributed by atoms with van der Waals surface area (Å²) in [5, 5.41) is 8.43. The van der Waals surface area contributed by atoms with Crippen LogP contribution in [-0.4, -0.2) is 55.4 Å². The SMILES string of the molecule is CCS(=O)(=O)N1CCC(OCC(=O)O)CC1. The molecule has 1 aliphatic rings. The van der Waals surface area contributed by atoms with Gasteiger partial charge in [0.15, 0.2) is 0 Å². The van der Waals surface area contributed by atoms with Gasteiger partial charge in [0.1, 0.15) is 6.61 Å². The highest BCUT2D eigenvalue weighted by molar-refractivity contribution is 7.89. The summed E-state index contributed by atoms with van der Waals surface area (Å²) in [6.45, 7) is 2.13. The van der Waals surface area contributed by atoms with Crippen molar-refractivity contribution in [3.05, 3.63) is 0 Å². The Balaban J connectivity index is 2.37. The van der Waals surface area contributed by atoms with Gasteiger partial charge in [0, 0.05) is 13.1 Å². The Morgan fingerprint density at radius 3 is 2.44 bits per heavy atom. The Labute approximate surface area is 95.2 Å². The van der Waals surface area contributed by atoms with E-state index < -0.39 is 16.0 Å². The highest BCUT2D eigenvalue weighted by atomic mass is 32.2. The number of piperidine rings is 1. The van der Waals surface area contributed by atoms with Gasteiger partial charge in [-0.3, -0.25) is 0 Å². The Kier molecular flexibility index (Phi) is 4.69. The van der Waals surface area contributed by atoms with Crippen molar-refractivity contribution in [1.29, 1.82) is 0 Å². The molecule has 0 aromatic rings. The second-order valence-corrected chi connectivity index (χ2v) is 5.96. The second-order valence-electron chi connectivity index (χ2n) is 3.70. The van der Waals surface area contributed by atoms with Crippen LogP contribution in [0.3, 0.4) is 0 Å². The van der Waals surface area contributed by atoms with E-state index in [1.54, 1.807) is 6.92 Å². The summed E-state index contributed by atoms with van der Waals surface area (Å²) in [4.78, 5) is 10.3. The lowest BCUT2D eigenvalue weighted by Crippen LogP contribution is -2.41. The summed E-state index contributed by atoms with van der Waals surface area (Å²) < 4.78 is 29.6. The quantitative estimate of drug-likeness (QED) is 0.737. The van der Waals surface area contributed by atoms with E-state index in [1.165, 1.54) is 4.31 Å². The van der Waals surface area contributed by atoms with E-state index in [0.29, 0.717) is 25.9 Å². The maximum absolute atomic E-state index is 11.5. The zero-order valence-corrected chi connectivity index (χ0v) is 10.1. The van der Waals surface area contributed by atoms with E-state index in [-0.39, 0.29) is 18.5 Å². The summed E-state index contributed by atoms with van der Waals surface area (Å²) in [5.74, 6) is -0.892. The zero-order valence-electron chi connectivity index (χ0n) is 9.26. The molecule has 0 radical (unpaired) electrons. The fourth-order valence-corrected chi connectivity index (χ4v) is 2.78. The third kappa shape index (κ3) is 3.73. The van der Waals surface area contributed by atoms with Gasteiger partial charge in [0.25, 0.3) is 0 Å². The van der Waals surface area contributed by atoms with Gasteiger partial charge in [-0.25, -0.2) is 17.5 Å². The standard InChI is InChI=1S/C9H17NO5S/c1-2-16(13,14)10-5-3-8(4-6-10)15-7-9(11)12/h8H,2-7H2,1H3,(H,11,12). The average molecular weight is 251 g/mol. The van der Waals surface area contributed by atoms with Crippen molar-refractivity contribution in [2.45, 2.75) is 25.9 Å². The van der Waals surface area contributed by atoms with Crippen LogP contribution in [0.15, 0.2) is 0 Å². The van der Waals surface area contributed by atoms with E-state index in [9.17, 15) is 13.2 Å². The number of hydrogen-bond acceptors (Lipinski definition) is 4. The molecule has 0 amide bonds. The number of carbonyl (C=O) groups is 1. The molecule has 1 N–H and O–H groups in total. The molecule has 1 aliphatic heterocycles. The number of sulfonamides is 1. The summed E-state index contributed by atoms with van der Waals surface area (Å²) >= 11 is 0. The minimum atomic E-state index is -3.11. The second kappa shape index (κ2) is 5.60. The van der Waals surface area contributed by atoms with Crippen LogP contribution in [-0.2, 0) is 19.6 Å². The van der Waals surface area contributed by atoms with Crippen LogP contribution in [0.2, 0.25) is 0 Å². The highest BCUT2D eigenvalue weighted by Gasteiger charge is 2.27. The predicted molar refractivity (Wildman–Crippen MR) is 57.6 cm³/mol. The monoisotopic (exact) mass is 251 g/mol. The van der Waals surface area contributed by atoms with E-state index in [4.69, 9.17) is 9.84 Å². The zero-order chi connectivity index (χ0) is 12.2. The van der Waals surface area contributed by atoms with Crippen molar-refractivity contribution in [3.8, 4) is 0 Å². The summed E-state index contributed by atoms with van der Waals surface area (Å²) in [7, 11) is -3.11. The van der Waals surface area contributed by atoms with Gasteiger partial charge < -0.3 is 9.84 Å². The van der Waals surface area contributed by atoms with E-state index in [2.05, 4.69) is 0 Å². The molecule has 0 saturated carbocycles. The van der Waals surface area contributed by atoms with Gasteiger partial charge >= 0.3 is 5.97 Å². The van der Waals surface area contributed by atoms with E-state index in [1.807, 2.05) is 0 Å². The van der Waals surface area contributed by atoms with Gasteiger partial charge in [-0.1, -0.05) is 0 Å². The van der Waals surface area contributed by atoms with Crippen molar-refractivity contribution in [1.82, 2.24) is 4.31 Å². The molecule has 7 heteroatoms. The summed E-state index contributed by atoms with van der Waals surface area (Å²) in [5.41, 5.74) is 0. The summed E-state index contributed by atoms with van der Waals surface area (Å²) in [6, 6.07) is 0. The molecule has 0 atom stereocenters. The average Bonchev–Trinajstić information content (AvgIpc) is 2.27. The third-order valence-electron chi connectivity index (χ3n) is 2.60. The molecule has 0 aromatic heterocycles. The molecule has 0 unspecified atom stereocenters. The van der Waals surface area contributed by atoms with Gasteiger partial charge in [0.05, 0.1) is 11.9 Å². The van der Waals surface area contributed by atoms with E-state index >= 15 is 0 Å².